The van der Waals surface area contributed by atoms with Gasteiger partial charge in [0.15, 0.2) is 0 Å². The molecule has 0 aromatic carbocycles. The number of unbranched alkanes of at least 4 members (excludes halogenated alkanes) is 4. The monoisotopic (exact) mass is 373 g/mol. The van der Waals surface area contributed by atoms with Gasteiger partial charge < -0.3 is 25.6 Å². The topological polar surface area (TPSA) is 104 Å². The quantitative estimate of drug-likeness (QED) is 0.369. The number of thiazole rings is 1. The molecule has 0 bridgehead atoms. The second-order valence-corrected chi connectivity index (χ2v) is 7.26. The summed E-state index contributed by atoms with van der Waals surface area (Å²) in [4.78, 5) is 16.6. The third kappa shape index (κ3) is 10.4. The van der Waals surface area contributed by atoms with Crippen LogP contribution in [0.3, 0.4) is 0 Å². The van der Waals surface area contributed by atoms with Crippen LogP contribution in [0, 0.1) is 0 Å². The summed E-state index contributed by atoms with van der Waals surface area (Å²) >= 11 is 1.18. The van der Waals surface area contributed by atoms with Crippen molar-refractivity contribution in [3.63, 3.8) is 0 Å². The first kappa shape index (κ1) is 21.8. The molecule has 1 aromatic heterocycles. The Morgan fingerprint density at radius 3 is 2.72 bits per heavy atom. The third-order valence-electron chi connectivity index (χ3n) is 3.49. The Morgan fingerprint density at radius 2 is 2.00 bits per heavy atom. The number of carbonyl (C=O) groups is 1. The lowest BCUT2D eigenvalue weighted by Gasteiger charge is -2.13. The van der Waals surface area contributed by atoms with Crippen LogP contribution in [-0.4, -0.2) is 59.6 Å². The molecule has 0 saturated heterocycles. The lowest BCUT2D eigenvalue weighted by Crippen LogP contribution is -2.35. The minimum absolute atomic E-state index is 0.141. The van der Waals surface area contributed by atoms with Gasteiger partial charge in [-0.1, -0.05) is 44.4 Å². The van der Waals surface area contributed by atoms with E-state index in [0.717, 1.165) is 32.1 Å². The minimum atomic E-state index is -0.616. The number of aliphatic hydroxyl groups excluding tert-OH is 2. The molecule has 0 aliphatic carbocycles. The van der Waals surface area contributed by atoms with Crippen LogP contribution in [0.2, 0.25) is 0 Å². The van der Waals surface area contributed by atoms with E-state index >= 15 is 0 Å². The van der Waals surface area contributed by atoms with Gasteiger partial charge in [0.05, 0.1) is 6.20 Å². The molecule has 0 spiro atoms. The molecule has 0 radical (unpaired) electrons. The molecular formula is C17H31N3O4S. The van der Waals surface area contributed by atoms with E-state index in [1.54, 1.807) is 0 Å². The summed E-state index contributed by atoms with van der Waals surface area (Å²) in [5.74, 6) is -0.148. The molecule has 1 heterocycles. The van der Waals surface area contributed by atoms with Crippen molar-refractivity contribution in [1.82, 2.24) is 15.6 Å². The number of carbonyl (C=O) groups excluding carboxylic acids is 1. The molecule has 0 aliphatic rings. The minimum Gasteiger partial charge on any atom is -0.467 e. The first-order valence-electron chi connectivity index (χ1n) is 8.92. The molecule has 144 valence electrons. The van der Waals surface area contributed by atoms with Crippen LogP contribution in [0.25, 0.3) is 0 Å². The smallest absolute Gasteiger partial charge is 0.273 e. The summed E-state index contributed by atoms with van der Waals surface area (Å²) in [6.45, 7) is 5.49. The van der Waals surface area contributed by atoms with Crippen LogP contribution in [0.15, 0.2) is 6.20 Å². The Morgan fingerprint density at radius 1 is 1.28 bits per heavy atom. The summed E-state index contributed by atoms with van der Waals surface area (Å²) in [6, 6.07) is 0.305. The van der Waals surface area contributed by atoms with Crippen LogP contribution >= 0.6 is 11.3 Å². The van der Waals surface area contributed by atoms with Gasteiger partial charge in [0.25, 0.3) is 11.1 Å². The average Bonchev–Trinajstić information content (AvgIpc) is 3.06. The first-order chi connectivity index (χ1) is 12.0. The second kappa shape index (κ2) is 13.0. The molecule has 1 rings (SSSR count). The molecule has 25 heavy (non-hydrogen) atoms. The Bertz CT molecular complexity index is 482. The zero-order chi connectivity index (χ0) is 18.5. The largest absolute Gasteiger partial charge is 0.467 e. The SMILES string of the molecule is CC(C)NCC(O)COc1ncc(C(=O)NCCCCCCCO)s1. The van der Waals surface area contributed by atoms with Crippen molar-refractivity contribution in [1.29, 1.82) is 0 Å². The van der Waals surface area contributed by atoms with Crippen molar-refractivity contribution in [2.24, 2.45) is 0 Å². The van der Waals surface area contributed by atoms with E-state index in [1.165, 1.54) is 17.5 Å². The van der Waals surface area contributed by atoms with Crippen LogP contribution in [0.4, 0.5) is 0 Å². The van der Waals surface area contributed by atoms with Crippen molar-refractivity contribution < 1.29 is 19.7 Å². The third-order valence-corrected chi connectivity index (χ3v) is 4.40. The van der Waals surface area contributed by atoms with Crippen molar-refractivity contribution in [3.8, 4) is 5.19 Å². The van der Waals surface area contributed by atoms with Gasteiger partial charge in [-0.25, -0.2) is 4.98 Å². The maximum Gasteiger partial charge on any atom is 0.273 e. The molecular weight excluding hydrogens is 342 g/mol. The summed E-state index contributed by atoms with van der Waals surface area (Å²) < 4.78 is 5.43. The molecule has 1 atom stereocenters. The Balaban J connectivity index is 2.19. The summed E-state index contributed by atoms with van der Waals surface area (Å²) in [5.41, 5.74) is 0. The fraction of sp³-hybridized carbons (Fsp3) is 0.765. The summed E-state index contributed by atoms with van der Waals surface area (Å²) in [7, 11) is 0. The molecule has 7 nitrogen and oxygen atoms in total. The first-order valence-corrected chi connectivity index (χ1v) is 9.73. The van der Waals surface area contributed by atoms with Crippen molar-refractivity contribution in [3.05, 3.63) is 11.1 Å². The van der Waals surface area contributed by atoms with Crippen LogP contribution < -0.4 is 15.4 Å². The van der Waals surface area contributed by atoms with Crippen LogP contribution in [0.5, 0.6) is 5.19 Å². The Labute approximate surface area is 153 Å². The van der Waals surface area contributed by atoms with Gasteiger partial charge in [-0.15, -0.1) is 0 Å². The van der Waals surface area contributed by atoms with E-state index in [2.05, 4.69) is 15.6 Å². The molecule has 0 aliphatic heterocycles. The van der Waals surface area contributed by atoms with Gasteiger partial charge in [0.2, 0.25) is 0 Å². The highest BCUT2D eigenvalue weighted by Crippen LogP contribution is 2.20. The van der Waals surface area contributed by atoms with E-state index in [-0.39, 0.29) is 19.1 Å². The maximum atomic E-state index is 12.0. The number of hydrogen-bond acceptors (Lipinski definition) is 7. The van der Waals surface area contributed by atoms with E-state index in [0.29, 0.717) is 29.2 Å². The lowest BCUT2D eigenvalue weighted by molar-refractivity contribution is 0.0956. The number of rotatable bonds is 14. The van der Waals surface area contributed by atoms with E-state index in [4.69, 9.17) is 9.84 Å². The van der Waals surface area contributed by atoms with E-state index in [1.807, 2.05) is 13.8 Å². The van der Waals surface area contributed by atoms with Gasteiger partial charge >= 0.3 is 0 Å². The molecule has 8 heteroatoms. The zero-order valence-corrected chi connectivity index (χ0v) is 16.0. The molecule has 1 amide bonds. The Kier molecular flexibility index (Phi) is 11.4. The summed E-state index contributed by atoms with van der Waals surface area (Å²) in [6.07, 6.45) is 5.79. The highest BCUT2D eigenvalue weighted by Gasteiger charge is 2.12. The van der Waals surface area contributed by atoms with E-state index < -0.39 is 6.10 Å². The number of aromatic nitrogens is 1. The number of aliphatic hydroxyl groups is 2. The number of nitrogens with zero attached hydrogens (tertiary/aromatic N) is 1. The van der Waals surface area contributed by atoms with E-state index in [9.17, 15) is 9.90 Å². The van der Waals surface area contributed by atoms with Crippen molar-refractivity contribution in [2.75, 3.05) is 26.3 Å². The van der Waals surface area contributed by atoms with Gasteiger partial charge in [-0.05, 0) is 12.8 Å². The van der Waals surface area contributed by atoms with Gasteiger partial charge in [-0.3, -0.25) is 4.79 Å². The normalized spacial score (nSPS) is 12.4. The van der Waals surface area contributed by atoms with Crippen molar-refractivity contribution >= 4 is 17.2 Å². The predicted octanol–water partition coefficient (Wildman–Crippen LogP) is 1.55. The fourth-order valence-electron chi connectivity index (χ4n) is 2.08. The second-order valence-electron chi connectivity index (χ2n) is 6.27. The van der Waals surface area contributed by atoms with Crippen molar-refractivity contribution in [2.45, 2.75) is 58.1 Å². The van der Waals surface area contributed by atoms with Gasteiger partial charge in [0.1, 0.15) is 17.6 Å². The lowest BCUT2D eigenvalue weighted by atomic mass is 10.1. The van der Waals surface area contributed by atoms with Crippen LogP contribution in [-0.2, 0) is 0 Å². The predicted molar refractivity (Wildman–Crippen MR) is 99.3 cm³/mol. The molecule has 0 fully saturated rings. The number of amides is 1. The number of hydrogen-bond donors (Lipinski definition) is 4. The zero-order valence-electron chi connectivity index (χ0n) is 15.2. The highest BCUT2D eigenvalue weighted by molar-refractivity contribution is 7.15. The maximum absolute atomic E-state index is 12.0. The van der Waals surface area contributed by atoms with Gasteiger partial charge in [-0.2, -0.15) is 0 Å². The van der Waals surface area contributed by atoms with Gasteiger partial charge in [0, 0.05) is 25.7 Å². The molecule has 1 unspecified atom stereocenters. The Hall–Kier alpha value is -1.22. The standard InChI is InChI=1S/C17H31N3O4S/c1-13(2)19-10-14(22)12-24-17-20-11-15(25-17)16(23)18-8-6-4-3-5-7-9-21/h11,13-14,19,21-22H,3-10,12H2,1-2H3,(H,18,23). The van der Waals surface area contributed by atoms with Crippen LogP contribution in [0.1, 0.15) is 55.6 Å². The number of nitrogens with one attached hydrogen (secondary N) is 2. The average molecular weight is 374 g/mol. The summed E-state index contributed by atoms with van der Waals surface area (Å²) in [5, 5.41) is 24.9. The molecule has 1 aromatic rings. The number of ether oxygens (including phenoxy) is 1. The fourth-order valence-corrected chi connectivity index (χ4v) is 2.77. The highest BCUT2D eigenvalue weighted by atomic mass is 32.1. The molecule has 0 saturated carbocycles. The molecule has 4 N–H and O–H groups in total.